The van der Waals surface area contributed by atoms with E-state index < -0.39 is 16.6 Å². The normalized spacial score (nSPS) is 12.9. The van der Waals surface area contributed by atoms with Crippen molar-refractivity contribution in [2.75, 3.05) is 0 Å². The summed E-state index contributed by atoms with van der Waals surface area (Å²) in [7, 11) is 0. The van der Waals surface area contributed by atoms with Gasteiger partial charge < -0.3 is 10.2 Å². The minimum absolute atomic E-state index is 0. The molecule has 0 saturated heterocycles. The van der Waals surface area contributed by atoms with Gasteiger partial charge in [0.05, 0.1) is 11.2 Å². The van der Waals surface area contributed by atoms with E-state index in [0.717, 1.165) is 0 Å². The van der Waals surface area contributed by atoms with Gasteiger partial charge in [0.1, 0.15) is 0 Å². The van der Waals surface area contributed by atoms with Crippen molar-refractivity contribution < 1.29 is 75.6 Å². The van der Waals surface area contributed by atoms with E-state index in [2.05, 4.69) is 0 Å². The van der Waals surface area contributed by atoms with Crippen molar-refractivity contribution in [1.29, 1.82) is 0 Å². The van der Waals surface area contributed by atoms with E-state index in [-0.39, 0.29) is 65.4 Å². The number of aliphatic hydroxyl groups is 2. The Morgan fingerprint density at radius 2 is 0.769 bits per heavy atom. The Hall–Kier alpha value is 2.13. The van der Waals surface area contributed by atoms with Crippen molar-refractivity contribution in [2.45, 2.75) is 52.7 Å². The van der Waals surface area contributed by atoms with Crippen molar-refractivity contribution in [3.8, 4) is 0 Å². The standard InChI is InChI=1S/C9H20O2.2Y/c1-7(2,8(3,4)10)9(5,6)11;;/h10-11H,1-6H3;;. The maximum atomic E-state index is 9.72. The Balaban J connectivity index is -0.000000500. The number of hydrogen-bond donors (Lipinski definition) is 2. The van der Waals surface area contributed by atoms with E-state index in [1.54, 1.807) is 27.7 Å². The zero-order valence-electron chi connectivity index (χ0n) is 9.55. The van der Waals surface area contributed by atoms with Crippen LogP contribution in [-0.2, 0) is 65.4 Å². The average molecular weight is 338 g/mol. The minimum atomic E-state index is -0.870. The van der Waals surface area contributed by atoms with Crippen LogP contribution in [-0.4, -0.2) is 21.4 Å². The first-order chi connectivity index (χ1) is 4.50. The first-order valence-electron chi connectivity index (χ1n) is 3.95. The molecule has 0 amide bonds. The molecule has 0 atom stereocenters. The fourth-order valence-corrected chi connectivity index (χ4v) is 0.749. The van der Waals surface area contributed by atoms with Crippen LogP contribution in [0.1, 0.15) is 41.5 Å². The van der Waals surface area contributed by atoms with Gasteiger partial charge in [-0.15, -0.1) is 0 Å². The van der Waals surface area contributed by atoms with E-state index in [0.29, 0.717) is 0 Å². The van der Waals surface area contributed by atoms with Crippen LogP contribution in [0.4, 0.5) is 0 Å². The van der Waals surface area contributed by atoms with Gasteiger partial charge in [0, 0.05) is 70.8 Å². The van der Waals surface area contributed by atoms with Gasteiger partial charge in [-0.25, -0.2) is 0 Å². The minimum Gasteiger partial charge on any atom is -0.390 e. The average Bonchev–Trinajstić information content (AvgIpc) is 1.58. The molecule has 0 heterocycles. The Morgan fingerprint density at radius 1 is 0.615 bits per heavy atom. The number of hydrogen-bond acceptors (Lipinski definition) is 2. The van der Waals surface area contributed by atoms with Crippen LogP contribution in [0.3, 0.4) is 0 Å². The van der Waals surface area contributed by atoms with Crippen LogP contribution in [0.2, 0.25) is 0 Å². The predicted octanol–water partition coefficient (Wildman–Crippen LogP) is 1.55. The third-order valence-corrected chi connectivity index (χ3v) is 3.06. The van der Waals surface area contributed by atoms with E-state index in [1.807, 2.05) is 13.8 Å². The quantitative estimate of drug-likeness (QED) is 0.802. The second kappa shape index (κ2) is 6.01. The Morgan fingerprint density at radius 3 is 0.769 bits per heavy atom. The van der Waals surface area contributed by atoms with Gasteiger partial charge in [-0.1, -0.05) is 13.8 Å². The van der Waals surface area contributed by atoms with Crippen LogP contribution in [0.15, 0.2) is 0 Å². The van der Waals surface area contributed by atoms with Gasteiger partial charge in [0.2, 0.25) is 0 Å². The summed E-state index contributed by atoms with van der Waals surface area (Å²) in [4.78, 5) is 0. The molecule has 2 radical (unpaired) electrons. The van der Waals surface area contributed by atoms with Gasteiger partial charge in [-0.2, -0.15) is 0 Å². The summed E-state index contributed by atoms with van der Waals surface area (Å²) in [6.45, 7) is 10.6. The SMILES string of the molecule is CC(C)(O)C(C)(C)C(C)(C)O.[Y].[Y]. The summed E-state index contributed by atoms with van der Waals surface area (Å²) in [5.41, 5.74) is -2.25. The molecule has 0 unspecified atom stereocenters. The third kappa shape index (κ3) is 5.13. The predicted molar refractivity (Wildman–Crippen MR) is 46.4 cm³/mol. The van der Waals surface area contributed by atoms with Crippen molar-refractivity contribution >= 4 is 0 Å². The maximum absolute atomic E-state index is 9.72. The van der Waals surface area contributed by atoms with Crippen LogP contribution in [0.5, 0.6) is 0 Å². The molecule has 2 nitrogen and oxygen atoms in total. The summed E-state index contributed by atoms with van der Waals surface area (Å²) in [5.74, 6) is 0. The van der Waals surface area contributed by atoms with Gasteiger partial charge in [0.15, 0.2) is 0 Å². The molecular weight excluding hydrogens is 318 g/mol. The molecule has 74 valence electrons. The monoisotopic (exact) mass is 338 g/mol. The molecule has 4 heteroatoms. The van der Waals surface area contributed by atoms with E-state index in [1.165, 1.54) is 0 Å². The van der Waals surface area contributed by atoms with Gasteiger partial charge in [-0.3, -0.25) is 0 Å². The van der Waals surface area contributed by atoms with Gasteiger partial charge in [0.25, 0.3) is 0 Å². The summed E-state index contributed by atoms with van der Waals surface area (Å²) >= 11 is 0. The molecule has 0 aromatic heterocycles. The zero-order chi connectivity index (χ0) is 9.50. The largest absolute Gasteiger partial charge is 0.390 e. The molecule has 0 aromatic rings. The maximum Gasteiger partial charge on any atom is 0.0669 e. The Bertz CT molecular complexity index is 127. The summed E-state index contributed by atoms with van der Waals surface area (Å²) in [6.07, 6.45) is 0. The molecule has 0 aromatic carbocycles. The first-order valence-corrected chi connectivity index (χ1v) is 3.95. The van der Waals surface area contributed by atoms with Crippen LogP contribution < -0.4 is 0 Å². The van der Waals surface area contributed by atoms with Crippen molar-refractivity contribution in [3.63, 3.8) is 0 Å². The molecule has 0 rings (SSSR count). The fourth-order valence-electron chi connectivity index (χ4n) is 0.749. The summed E-state index contributed by atoms with van der Waals surface area (Å²) < 4.78 is 0. The summed E-state index contributed by atoms with van der Waals surface area (Å²) in [5, 5.41) is 19.4. The third-order valence-electron chi connectivity index (χ3n) is 3.06. The molecule has 0 bridgehead atoms. The Kier molecular flexibility index (Phi) is 9.49. The molecular formula is C9H20O2Y2. The molecule has 13 heavy (non-hydrogen) atoms. The van der Waals surface area contributed by atoms with Gasteiger partial charge in [-0.05, 0) is 27.7 Å². The van der Waals surface area contributed by atoms with Crippen LogP contribution in [0.25, 0.3) is 0 Å². The van der Waals surface area contributed by atoms with Crippen molar-refractivity contribution in [1.82, 2.24) is 0 Å². The Labute approximate surface area is 132 Å². The van der Waals surface area contributed by atoms with Crippen LogP contribution >= 0.6 is 0 Å². The second-order valence-corrected chi connectivity index (χ2v) is 4.74. The van der Waals surface area contributed by atoms with E-state index in [9.17, 15) is 10.2 Å². The van der Waals surface area contributed by atoms with Crippen molar-refractivity contribution in [2.24, 2.45) is 5.41 Å². The van der Waals surface area contributed by atoms with E-state index in [4.69, 9.17) is 0 Å². The topological polar surface area (TPSA) is 40.5 Å². The van der Waals surface area contributed by atoms with Gasteiger partial charge >= 0.3 is 0 Å². The zero-order valence-corrected chi connectivity index (χ0v) is 15.2. The fraction of sp³-hybridized carbons (Fsp3) is 1.00. The summed E-state index contributed by atoms with van der Waals surface area (Å²) in [6, 6.07) is 0. The first kappa shape index (κ1) is 20.5. The van der Waals surface area contributed by atoms with Crippen molar-refractivity contribution in [3.05, 3.63) is 0 Å². The second-order valence-electron chi connectivity index (χ2n) is 4.74. The smallest absolute Gasteiger partial charge is 0.0669 e. The molecule has 0 fully saturated rings. The molecule has 0 saturated carbocycles. The molecule has 0 aliphatic rings. The number of rotatable bonds is 2. The van der Waals surface area contributed by atoms with E-state index >= 15 is 0 Å². The molecule has 0 aliphatic heterocycles. The molecule has 2 N–H and O–H groups in total. The van der Waals surface area contributed by atoms with Crippen LogP contribution in [0, 0.1) is 5.41 Å². The molecule has 0 spiro atoms. The molecule has 0 aliphatic carbocycles.